The Morgan fingerprint density at radius 3 is 1.52 bits per heavy atom. The SMILES string of the molecule is CSc1cc2c3c(c1)Oc1cc4c(cc1B3c1cc3c(cc1O2)Nc1cc(SC)cc2c1B3c1sc3ccccc3c1N2c1ccccc1)B1c2sc3ccccc3c2N(c2ccccc2)c2cc(SC)cc(c21)N4SC. The molecular formula is C62H41B3N4O2S6. The molecule has 2 aromatic heterocycles. The number of thioether (sulfide) groups is 3. The highest BCUT2D eigenvalue weighted by Crippen LogP contribution is 2.51. The van der Waals surface area contributed by atoms with Crippen molar-refractivity contribution in [3.8, 4) is 23.0 Å². The van der Waals surface area contributed by atoms with Crippen molar-refractivity contribution >= 4 is 215 Å². The summed E-state index contributed by atoms with van der Waals surface area (Å²) >= 11 is 10.9. The molecule has 366 valence electrons. The summed E-state index contributed by atoms with van der Waals surface area (Å²) in [7, 11) is 0. The number of anilines is 10. The molecule has 6 aliphatic rings. The summed E-state index contributed by atoms with van der Waals surface area (Å²) in [5.41, 5.74) is 20.5. The average Bonchev–Trinajstić information content (AvgIpc) is 4.29. The molecule has 0 fully saturated rings. The number of benzene rings is 9. The molecule has 15 heteroatoms. The number of nitrogens with zero attached hydrogens (tertiary/aromatic N) is 3. The quantitative estimate of drug-likeness (QED) is 0.0989. The van der Waals surface area contributed by atoms with Gasteiger partial charge >= 0.3 is 0 Å². The fourth-order valence-electron chi connectivity index (χ4n) is 13.4. The average molecular weight is 1100 g/mol. The van der Waals surface area contributed by atoms with Gasteiger partial charge in [0, 0.05) is 102 Å². The molecule has 0 bridgehead atoms. The van der Waals surface area contributed by atoms with E-state index in [1.165, 1.54) is 89.8 Å². The van der Waals surface area contributed by atoms with Crippen LogP contribution in [-0.2, 0) is 0 Å². The maximum Gasteiger partial charge on any atom is 0.264 e. The fraction of sp³-hybridized carbons (Fsp3) is 0.0645. The molecule has 0 radical (unpaired) electrons. The number of ether oxygens (including phenoxy) is 2. The van der Waals surface area contributed by atoms with E-state index >= 15 is 0 Å². The lowest BCUT2D eigenvalue weighted by Crippen LogP contribution is -2.64. The molecule has 11 aromatic rings. The van der Waals surface area contributed by atoms with Crippen molar-refractivity contribution in [3.05, 3.63) is 170 Å². The summed E-state index contributed by atoms with van der Waals surface area (Å²) in [6, 6.07) is 63.6. The van der Waals surface area contributed by atoms with Crippen LogP contribution >= 0.6 is 69.9 Å². The normalized spacial score (nSPS) is 14.3. The third-order valence-electron chi connectivity index (χ3n) is 16.5. The summed E-state index contributed by atoms with van der Waals surface area (Å²) in [5, 5.41) is 6.59. The van der Waals surface area contributed by atoms with E-state index < -0.39 is 0 Å². The molecule has 0 amide bonds. The fourth-order valence-corrected chi connectivity index (χ4v) is 18.1. The Kier molecular flexibility index (Phi) is 9.95. The van der Waals surface area contributed by atoms with Crippen LogP contribution in [0, 0.1) is 0 Å². The Labute approximate surface area is 472 Å². The van der Waals surface area contributed by atoms with Gasteiger partial charge in [0.1, 0.15) is 23.0 Å². The topological polar surface area (TPSA) is 40.2 Å². The highest BCUT2D eigenvalue weighted by molar-refractivity contribution is 8.00. The number of para-hydroxylation sites is 2. The van der Waals surface area contributed by atoms with Gasteiger partial charge in [-0.25, -0.2) is 0 Å². The van der Waals surface area contributed by atoms with Crippen LogP contribution in [0.15, 0.2) is 185 Å². The number of nitrogens with one attached hydrogen (secondary N) is 1. The second kappa shape index (κ2) is 16.9. The Balaban J connectivity index is 0.916. The van der Waals surface area contributed by atoms with Gasteiger partial charge in [-0.05, 0) is 136 Å². The van der Waals surface area contributed by atoms with Gasteiger partial charge in [-0.2, -0.15) is 0 Å². The van der Waals surface area contributed by atoms with Crippen molar-refractivity contribution < 1.29 is 9.47 Å². The Morgan fingerprint density at radius 2 is 0.922 bits per heavy atom. The first-order valence-corrected chi connectivity index (χ1v) is 32.2. The molecule has 1 N–H and O–H groups in total. The molecule has 0 saturated carbocycles. The van der Waals surface area contributed by atoms with Gasteiger partial charge in [-0.1, -0.05) is 84.9 Å². The van der Waals surface area contributed by atoms with Crippen LogP contribution in [-0.4, -0.2) is 45.2 Å². The van der Waals surface area contributed by atoms with E-state index in [-0.39, 0.29) is 20.1 Å². The van der Waals surface area contributed by atoms with Crippen LogP contribution in [0.1, 0.15) is 0 Å². The predicted molar refractivity (Wildman–Crippen MR) is 341 cm³/mol. The second-order valence-electron chi connectivity index (χ2n) is 20.2. The van der Waals surface area contributed by atoms with E-state index in [2.05, 4.69) is 214 Å². The van der Waals surface area contributed by atoms with Crippen LogP contribution in [0.5, 0.6) is 23.0 Å². The first kappa shape index (κ1) is 45.3. The summed E-state index contributed by atoms with van der Waals surface area (Å²) in [4.78, 5) is 8.62. The Bertz CT molecular complexity index is 4400. The van der Waals surface area contributed by atoms with Crippen molar-refractivity contribution in [2.24, 2.45) is 0 Å². The summed E-state index contributed by atoms with van der Waals surface area (Å²) in [6.45, 7) is -0.218. The first-order chi connectivity index (χ1) is 38.0. The predicted octanol–water partition coefficient (Wildman–Crippen LogP) is 12.4. The molecule has 6 aliphatic heterocycles. The number of thiophene rings is 2. The Hall–Kier alpha value is -6.71. The maximum atomic E-state index is 7.30. The van der Waals surface area contributed by atoms with E-state index in [9.17, 15) is 0 Å². The van der Waals surface area contributed by atoms with E-state index in [0.717, 1.165) is 72.7 Å². The maximum absolute atomic E-state index is 7.30. The van der Waals surface area contributed by atoms with E-state index in [0.29, 0.717) is 0 Å². The minimum Gasteiger partial charge on any atom is -0.458 e. The van der Waals surface area contributed by atoms with Crippen molar-refractivity contribution in [1.29, 1.82) is 0 Å². The molecule has 0 atom stereocenters. The van der Waals surface area contributed by atoms with Gasteiger partial charge in [-0.15, -0.1) is 58.0 Å². The van der Waals surface area contributed by atoms with Crippen molar-refractivity contribution in [2.75, 3.05) is 44.4 Å². The third-order valence-corrected chi connectivity index (χ3v) is 21.8. The third kappa shape index (κ3) is 6.29. The zero-order valence-corrected chi connectivity index (χ0v) is 46.9. The number of hydrogen-bond acceptors (Lipinski definition) is 12. The van der Waals surface area contributed by atoms with Gasteiger partial charge < -0.3 is 24.6 Å². The zero-order valence-electron chi connectivity index (χ0n) is 42.0. The van der Waals surface area contributed by atoms with Crippen LogP contribution < -0.4 is 76.7 Å². The standard InChI is InChI=1S/C62H41B3N4O2S6/c1-72-35-23-45-56-47(24-35)67(33-15-7-5-8-16-33)59-38-19-11-13-21-54(38)76-61(59)64(56)40-29-42-50(31-44(40)66-45)70-52-27-37(74-3)28-53-58(52)63(42)43-30-41-46(32-51(43)71-53)69(75-4)49-26-36(73-2)25-48-57(49)65(41)62-60(39-20-12-14-22-55(39)77-62)68(48)34-17-9-6-10-18-34/h5-32,66H,1-4H3. The van der Waals surface area contributed by atoms with Crippen molar-refractivity contribution in [2.45, 2.75) is 14.7 Å². The van der Waals surface area contributed by atoms with Crippen LogP contribution in [0.3, 0.4) is 0 Å². The summed E-state index contributed by atoms with van der Waals surface area (Å²) in [6.07, 6.45) is 8.71. The Morgan fingerprint density at radius 1 is 0.416 bits per heavy atom. The van der Waals surface area contributed by atoms with Crippen LogP contribution in [0.2, 0.25) is 0 Å². The molecule has 0 unspecified atom stereocenters. The molecule has 0 spiro atoms. The first-order valence-electron chi connectivity index (χ1n) is 25.7. The van der Waals surface area contributed by atoms with Gasteiger partial charge in [-0.3, -0.25) is 4.31 Å². The molecule has 77 heavy (non-hydrogen) atoms. The lowest BCUT2D eigenvalue weighted by atomic mass is 9.31. The largest absolute Gasteiger partial charge is 0.458 e. The lowest BCUT2D eigenvalue weighted by Gasteiger charge is -2.43. The highest BCUT2D eigenvalue weighted by atomic mass is 32.2. The summed E-state index contributed by atoms with van der Waals surface area (Å²) < 4.78 is 22.3. The van der Waals surface area contributed by atoms with E-state index in [1.807, 2.05) is 22.7 Å². The van der Waals surface area contributed by atoms with Gasteiger partial charge in [0.2, 0.25) is 0 Å². The van der Waals surface area contributed by atoms with E-state index in [1.54, 1.807) is 47.2 Å². The molecule has 0 saturated heterocycles. The van der Waals surface area contributed by atoms with Gasteiger partial charge in [0.25, 0.3) is 20.1 Å². The molecule has 6 nitrogen and oxygen atoms in total. The molecule has 8 heterocycles. The minimum absolute atomic E-state index is 0.0233. The number of hydrogen-bond donors (Lipinski definition) is 1. The minimum atomic E-state index is -0.168. The molecule has 9 aromatic carbocycles. The number of fused-ring (bicyclic) bond motifs is 16. The highest BCUT2D eigenvalue weighted by Gasteiger charge is 2.50. The van der Waals surface area contributed by atoms with E-state index in [4.69, 9.17) is 9.47 Å². The zero-order chi connectivity index (χ0) is 50.9. The van der Waals surface area contributed by atoms with Gasteiger partial charge in [0.15, 0.2) is 0 Å². The summed E-state index contributed by atoms with van der Waals surface area (Å²) in [5.74, 6) is 3.46. The monoisotopic (exact) mass is 1100 g/mol. The number of rotatable bonds is 6. The molecule has 0 aliphatic carbocycles. The van der Waals surface area contributed by atoms with Crippen molar-refractivity contribution in [3.63, 3.8) is 0 Å². The second-order valence-corrected chi connectivity index (χ2v) is 25.8. The van der Waals surface area contributed by atoms with Gasteiger partial charge in [0.05, 0.1) is 22.7 Å². The lowest BCUT2D eigenvalue weighted by molar-refractivity contribution is 0.462. The van der Waals surface area contributed by atoms with Crippen molar-refractivity contribution in [1.82, 2.24) is 0 Å². The molecular weight excluding hydrogens is 1060 g/mol. The molecule has 17 rings (SSSR count). The van der Waals surface area contributed by atoms with Crippen LogP contribution in [0.4, 0.5) is 56.9 Å². The van der Waals surface area contributed by atoms with Crippen LogP contribution in [0.25, 0.3) is 20.2 Å². The smallest absolute Gasteiger partial charge is 0.264 e.